The van der Waals surface area contributed by atoms with Crippen molar-refractivity contribution >= 4 is 41.4 Å². The highest BCUT2D eigenvalue weighted by Crippen LogP contribution is 2.08. The van der Waals surface area contributed by atoms with Gasteiger partial charge in [-0.15, -0.1) is 0 Å². The number of nitrogens with one attached hydrogen (secondary N) is 6. The summed E-state index contributed by atoms with van der Waals surface area (Å²) in [5.74, 6) is -3.46. The van der Waals surface area contributed by atoms with Crippen LogP contribution in [0.3, 0.4) is 0 Å². The predicted octanol–water partition coefficient (Wildman–Crippen LogP) is -0.535. The molecule has 0 rings (SSSR count). The number of amides is 6. The summed E-state index contributed by atoms with van der Waals surface area (Å²) in [6.45, 7) is 6.63. The molecule has 0 aliphatic heterocycles. The lowest BCUT2D eigenvalue weighted by molar-refractivity contribution is -0.142. The molecule has 14 nitrogen and oxygen atoms in total. The Hall–Kier alpha value is -3.71. The lowest BCUT2D eigenvalue weighted by Crippen LogP contribution is -2.55. The number of hydrogen-bond donors (Lipinski definition) is 7. The highest BCUT2D eigenvalue weighted by molar-refractivity contribution is 5.93. The summed E-state index contributed by atoms with van der Waals surface area (Å²) >= 11 is 0. The molecule has 0 saturated carbocycles. The minimum absolute atomic E-state index is 0.132. The van der Waals surface area contributed by atoms with Gasteiger partial charge in [-0.3, -0.25) is 28.8 Å². The maximum absolute atomic E-state index is 13.1. The third-order valence-electron chi connectivity index (χ3n) is 5.82. The van der Waals surface area contributed by atoms with E-state index >= 15 is 0 Å². The van der Waals surface area contributed by atoms with Crippen LogP contribution >= 0.6 is 0 Å². The van der Waals surface area contributed by atoms with Gasteiger partial charge in [-0.1, -0.05) is 0 Å². The minimum Gasteiger partial charge on any atom is -0.480 e. The molecule has 14 heteroatoms. The zero-order chi connectivity index (χ0) is 30.5. The fourth-order valence-electron chi connectivity index (χ4n) is 3.80. The van der Waals surface area contributed by atoms with Gasteiger partial charge in [0.25, 0.3) is 0 Å². The summed E-state index contributed by atoms with van der Waals surface area (Å²) < 4.78 is 0. The van der Waals surface area contributed by atoms with Crippen molar-refractivity contribution < 1.29 is 38.7 Å². The van der Waals surface area contributed by atoms with E-state index in [1.807, 2.05) is 0 Å². The van der Waals surface area contributed by atoms with Crippen LogP contribution in [-0.2, 0) is 33.6 Å². The van der Waals surface area contributed by atoms with Crippen LogP contribution in [0.1, 0.15) is 85.5 Å². The SMILES string of the molecule is CC(=O)NCCCCC(NC(=O)C(CCCCNC(C)=O)NC(=O)C(CCCCNC(C)=O)NC(C)=O)C(=O)O. The lowest BCUT2D eigenvalue weighted by atomic mass is 10.0. The van der Waals surface area contributed by atoms with Crippen LogP contribution in [0, 0.1) is 0 Å². The first-order valence-corrected chi connectivity index (χ1v) is 13.7. The van der Waals surface area contributed by atoms with Crippen molar-refractivity contribution in [1.82, 2.24) is 31.9 Å². The van der Waals surface area contributed by atoms with Gasteiger partial charge in [0.2, 0.25) is 35.4 Å². The van der Waals surface area contributed by atoms with Gasteiger partial charge in [0.1, 0.15) is 18.1 Å². The largest absolute Gasteiger partial charge is 0.480 e. The van der Waals surface area contributed by atoms with Crippen molar-refractivity contribution in [3.8, 4) is 0 Å². The molecule has 0 aliphatic carbocycles. The molecular formula is C26H46N6O8. The molecule has 40 heavy (non-hydrogen) atoms. The van der Waals surface area contributed by atoms with Gasteiger partial charge in [0, 0.05) is 47.3 Å². The van der Waals surface area contributed by atoms with Gasteiger partial charge >= 0.3 is 5.97 Å². The summed E-state index contributed by atoms with van der Waals surface area (Å²) in [7, 11) is 0. The molecule has 7 N–H and O–H groups in total. The van der Waals surface area contributed by atoms with E-state index < -0.39 is 41.8 Å². The van der Waals surface area contributed by atoms with Gasteiger partial charge in [-0.25, -0.2) is 4.79 Å². The smallest absolute Gasteiger partial charge is 0.326 e. The third-order valence-corrected chi connectivity index (χ3v) is 5.82. The topological polar surface area (TPSA) is 212 Å². The summed E-state index contributed by atoms with van der Waals surface area (Å²) in [5.41, 5.74) is 0. The fraction of sp³-hybridized carbons (Fsp3) is 0.731. The van der Waals surface area contributed by atoms with Crippen LogP contribution < -0.4 is 31.9 Å². The summed E-state index contributed by atoms with van der Waals surface area (Å²) in [5, 5.41) is 25.3. The molecule has 228 valence electrons. The van der Waals surface area contributed by atoms with Crippen LogP contribution in [0.4, 0.5) is 0 Å². The normalized spacial score (nSPS) is 12.7. The van der Waals surface area contributed by atoms with Crippen molar-refractivity contribution in [3.05, 3.63) is 0 Å². The predicted molar refractivity (Wildman–Crippen MR) is 147 cm³/mol. The number of rotatable bonds is 21. The number of hydrogen-bond acceptors (Lipinski definition) is 7. The van der Waals surface area contributed by atoms with Crippen molar-refractivity contribution in [1.29, 1.82) is 0 Å². The molecule has 0 bridgehead atoms. The Balaban J connectivity index is 5.32. The first kappa shape index (κ1) is 36.3. The molecule has 0 fully saturated rings. The Morgan fingerprint density at radius 3 is 1.12 bits per heavy atom. The Bertz CT molecular complexity index is 866. The molecule has 3 unspecified atom stereocenters. The molecule has 0 aromatic rings. The molecule has 0 radical (unpaired) electrons. The molecule has 0 aromatic heterocycles. The quantitative estimate of drug-likeness (QED) is 0.0889. The number of carbonyl (C=O) groups excluding carboxylic acids is 6. The van der Waals surface area contributed by atoms with E-state index in [4.69, 9.17) is 0 Å². The summed E-state index contributed by atoms with van der Waals surface area (Å²) in [4.78, 5) is 82.8. The number of carboxylic acids is 1. The van der Waals surface area contributed by atoms with E-state index in [0.29, 0.717) is 58.2 Å². The maximum Gasteiger partial charge on any atom is 0.326 e. The van der Waals surface area contributed by atoms with E-state index in [1.165, 1.54) is 27.7 Å². The second kappa shape index (κ2) is 21.2. The van der Waals surface area contributed by atoms with Crippen molar-refractivity contribution in [2.45, 2.75) is 104 Å². The zero-order valence-electron chi connectivity index (χ0n) is 24.0. The van der Waals surface area contributed by atoms with Crippen molar-refractivity contribution in [3.63, 3.8) is 0 Å². The first-order valence-electron chi connectivity index (χ1n) is 13.7. The van der Waals surface area contributed by atoms with Crippen molar-refractivity contribution in [2.24, 2.45) is 0 Å². The molecule has 3 atom stereocenters. The molecule has 0 aliphatic rings. The van der Waals surface area contributed by atoms with Gasteiger partial charge in [0.05, 0.1) is 0 Å². The van der Waals surface area contributed by atoms with Crippen LogP contribution in [-0.4, -0.2) is 84.3 Å². The Morgan fingerprint density at radius 1 is 0.475 bits per heavy atom. The minimum atomic E-state index is -1.22. The lowest BCUT2D eigenvalue weighted by Gasteiger charge is -2.24. The van der Waals surface area contributed by atoms with E-state index in [1.54, 1.807) is 0 Å². The van der Waals surface area contributed by atoms with Gasteiger partial charge in [-0.05, 0) is 57.8 Å². The monoisotopic (exact) mass is 570 g/mol. The third kappa shape index (κ3) is 19.4. The zero-order valence-corrected chi connectivity index (χ0v) is 24.0. The number of unbranched alkanes of at least 4 members (excludes halogenated alkanes) is 3. The summed E-state index contributed by atoms with van der Waals surface area (Å²) in [6.07, 6.45) is 3.64. The summed E-state index contributed by atoms with van der Waals surface area (Å²) in [6, 6.07) is -3.18. The van der Waals surface area contributed by atoms with Gasteiger partial charge in [0.15, 0.2) is 0 Å². The van der Waals surface area contributed by atoms with E-state index in [9.17, 15) is 38.7 Å². The second-order valence-corrected chi connectivity index (χ2v) is 9.65. The average molecular weight is 571 g/mol. The fourth-order valence-corrected chi connectivity index (χ4v) is 3.80. The average Bonchev–Trinajstić information content (AvgIpc) is 2.84. The van der Waals surface area contributed by atoms with Crippen LogP contribution in [0.2, 0.25) is 0 Å². The van der Waals surface area contributed by atoms with Crippen LogP contribution in [0.25, 0.3) is 0 Å². The highest BCUT2D eigenvalue weighted by atomic mass is 16.4. The van der Waals surface area contributed by atoms with Crippen LogP contribution in [0.15, 0.2) is 0 Å². The Labute approximate surface area is 235 Å². The Kier molecular flexibility index (Phi) is 19.2. The molecule has 0 heterocycles. The first-order chi connectivity index (χ1) is 18.8. The molecule has 6 amide bonds. The number of aliphatic carboxylic acids is 1. The Morgan fingerprint density at radius 2 is 0.800 bits per heavy atom. The number of carbonyl (C=O) groups is 7. The van der Waals surface area contributed by atoms with E-state index in [2.05, 4.69) is 31.9 Å². The molecule has 0 aromatic carbocycles. The van der Waals surface area contributed by atoms with Gasteiger partial charge in [-0.2, -0.15) is 0 Å². The second-order valence-electron chi connectivity index (χ2n) is 9.65. The maximum atomic E-state index is 13.1. The standard InChI is InChI=1S/C26H46N6O8/c1-17(33)27-14-8-5-11-21(30-20(4)36)24(37)31-22(12-6-9-15-28-18(2)34)25(38)32-23(26(39)40)13-7-10-16-29-19(3)35/h21-23H,5-16H2,1-4H3,(H,27,33)(H,28,34)(H,29,35)(H,30,36)(H,31,37)(H,32,38)(H,39,40). The molecule has 0 spiro atoms. The van der Waals surface area contributed by atoms with Crippen molar-refractivity contribution in [2.75, 3.05) is 19.6 Å². The highest BCUT2D eigenvalue weighted by Gasteiger charge is 2.28. The van der Waals surface area contributed by atoms with Gasteiger partial charge < -0.3 is 37.0 Å². The van der Waals surface area contributed by atoms with E-state index in [-0.39, 0.29) is 37.0 Å². The number of carboxylic acid groups (broad SMARTS) is 1. The molecular weight excluding hydrogens is 524 g/mol. The molecule has 0 saturated heterocycles. The van der Waals surface area contributed by atoms with Crippen LogP contribution in [0.5, 0.6) is 0 Å². The van der Waals surface area contributed by atoms with E-state index in [0.717, 1.165) is 0 Å².